The maximum absolute atomic E-state index is 12.6. The van der Waals surface area contributed by atoms with Crippen molar-refractivity contribution < 1.29 is 9.53 Å². The number of nitrogens with zero attached hydrogens (tertiary/aromatic N) is 2. The van der Waals surface area contributed by atoms with Gasteiger partial charge in [0.15, 0.2) is 0 Å². The third-order valence-electron chi connectivity index (χ3n) is 4.38. The lowest BCUT2D eigenvalue weighted by Crippen LogP contribution is -2.29. The molecule has 2 atom stereocenters. The molecule has 2 aromatic rings. The van der Waals surface area contributed by atoms with Gasteiger partial charge < -0.3 is 4.74 Å². The second-order valence-electron chi connectivity index (χ2n) is 5.68. The number of benzene rings is 1. The minimum atomic E-state index is -0.174. The highest BCUT2D eigenvalue weighted by Crippen LogP contribution is 2.33. The number of ether oxygens (including phenoxy) is 1. The molecular weight excluding hydrogens is 348 g/mol. The number of halogens is 1. The van der Waals surface area contributed by atoms with Gasteiger partial charge >= 0.3 is 5.97 Å². The zero-order chi connectivity index (χ0) is 15.7. The van der Waals surface area contributed by atoms with E-state index in [-0.39, 0.29) is 23.4 Å². The fourth-order valence-electron chi connectivity index (χ4n) is 3.23. The number of hydrogen-bond acceptors (Lipinski definition) is 4. The first-order valence-electron chi connectivity index (χ1n) is 7.32. The molecule has 5 nitrogen and oxygen atoms in total. The maximum atomic E-state index is 12.6. The highest BCUT2D eigenvalue weighted by Gasteiger charge is 2.34. The second kappa shape index (κ2) is 6.20. The zero-order valence-corrected chi connectivity index (χ0v) is 13.9. The normalized spacial score (nSPS) is 21.2. The number of carbonyl (C=O) groups excluding carboxylic acids is 1. The van der Waals surface area contributed by atoms with Gasteiger partial charge in [-0.1, -0.05) is 22.4 Å². The molecule has 1 aliphatic rings. The van der Waals surface area contributed by atoms with Crippen LogP contribution in [0.1, 0.15) is 19.3 Å². The first kappa shape index (κ1) is 15.2. The largest absolute Gasteiger partial charge is 0.469 e. The van der Waals surface area contributed by atoms with Gasteiger partial charge in [0.05, 0.1) is 30.3 Å². The van der Waals surface area contributed by atoms with E-state index in [1.54, 1.807) is 17.0 Å². The smallest absolute Gasteiger partial charge is 0.309 e. The Morgan fingerprint density at radius 2 is 2.27 bits per heavy atom. The molecule has 0 spiro atoms. The minimum absolute atomic E-state index is 0.0678. The summed E-state index contributed by atoms with van der Waals surface area (Å²) < 4.78 is 7.33. The molecule has 3 rings (SSSR count). The summed E-state index contributed by atoms with van der Waals surface area (Å²) >= 11 is 3.38. The summed E-state index contributed by atoms with van der Waals surface area (Å²) in [6.07, 6.45) is 4.33. The predicted molar refractivity (Wildman–Crippen MR) is 86.6 cm³/mol. The van der Waals surface area contributed by atoms with Gasteiger partial charge in [0.1, 0.15) is 0 Å². The number of hydrogen-bond donors (Lipinski definition) is 0. The fraction of sp³-hybridized carbons (Fsp3) is 0.438. The summed E-state index contributed by atoms with van der Waals surface area (Å²) in [4.78, 5) is 28.8. The van der Waals surface area contributed by atoms with E-state index >= 15 is 0 Å². The molecule has 0 amide bonds. The molecule has 2 unspecified atom stereocenters. The average molecular weight is 365 g/mol. The maximum Gasteiger partial charge on any atom is 0.309 e. The lowest BCUT2D eigenvalue weighted by Gasteiger charge is -2.18. The van der Waals surface area contributed by atoms with Crippen LogP contribution >= 0.6 is 15.9 Å². The van der Waals surface area contributed by atoms with E-state index in [4.69, 9.17) is 4.74 Å². The van der Waals surface area contributed by atoms with Crippen molar-refractivity contribution in [2.24, 2.45) is 11.8 Å². The molecule has 22 heavy (non-hydrogen) atoms. The van der Waals surface area contributed by atoms with Gasteiger partial charge in [0.2, 0.25) is 0 Å². The number of methoxy groups -OCH3 is 1. The van der Waals surface area contributed by atoms with Crippen LogP contribution in [-0.2, 0) is 16.1 Å². The van der Waals surface area contributed by atoms with Crippen molar-refractivity contribution in [1.29, 1.82) is 0 Å². The Morgan fingerprint density at radius 1 is 1.45 bits per heavy atom. The van der Waals surface area contributed by atoms with Crippen LogP contribution in [0.2, 0.25) is 0 Å². The standard InChI is InChI=1S/C16H17BrN2O3/c1-22-16(21)12-4-2-3-10(12)8-19-9-18-14-6-5-11(17)7-13(14)15(19)20/h5-7,9-10,12H,2-4,8H2,1H3. The van der Waals surface area contributed by atoms with Crippen LogP contribution in [0.25, 0.3) is 10.9 Å². The van der Waals surface area contributed by atoms with Crippen molar-refractivity contribution in [3.8, 4) is 0 Å². The summed E-state index contributed by atoms with van der Waals surface area (Å²) in [7, 11) is 1.42. The van der Waals surface area contributed by atoms with Crippen LogP contribution in [0.5, 0.6) is 0 Å². The molecule has 1 heterocycles. The van der Waals surface area contributed by atoms with Gasteiger partial charge in [-0.05, 0) is 37.0 Å². The first-order valence-corrected chi connectivity index (χ1v) is 8.12. The molecule has 1 saturated carbocycles. The van der Waals surface area contributed by atoms with Crippen LogP contribution < -0.4 is 5.56 Å². The van der Waals surface area contributed by atoms with E-state index in [1.807, 2.05) is 12.1 Å². The molecule has 0 N–H and O–H groups in total. The Kier molecular flexibility index (Phi) is 4.29. The van der Waals surface area contributed by atoms with E-state index in [9.17, 15) is 9.59 Å². The topological polar surface area (TPSA) is 61.2 Å². The van der Waals surface area contributed by atoms with Crippen molar-refractivity contribution in [1.82, 2.24) is 9.55 Å². The van der Waals surface area contributed by atoms with Crippen LogP contribution in [0.3, 0.4) is 0 Å². The van der Waals surface area contributed by atoms with Crippen LogP contribution in [0.15, 0.2) is 33.8 Å². The molecule has 1 aliphatic carbocycles. The third-order valence-corrected chi connectivity index (χ3v) is 4.87. The lowest BCUT2D eigenvalue weighted by molar-refractivity contribution is -0.146. The van der Waals surface area contributed by atoms with Crippen molar-refractivity contribution in [3.05, 3.63) is 39.4 Å². The van der Waals surface area contributed by atoms with Crippen LogP contribution in [0, 0.1) is 11.8 Å². The summed E-state index contributed by atoms with van der Waals surface area (Å²) in [6, 6.07) is 5.47. The van der Waals surface area contributed by atoms with Gasteiger partial charge in [0.25, 0.3) is 5.56 Å². The van der Waals surface area contributed by atoms with Crippen LogP contribution in [-0.4, -0.2) is 22.6 Å². The molecule has 1 aromatic heterocycles. The quantitative estimate of drug-likeness (QED) is 0.785. The highest BCUT2D eigenvalue weighted by atomic mass is 79.9. The number of carbonyl (C=O) groups is 1. The fourth-order valence-corrected chi connectivity index (χ4v) is 3.59. The Hall–Kier alpha value is -1.69. The Balaban J connectivity index is 1.92. The Labute approximate surface area is 136 Å². The molecule has 6 heteroatoms. The highest BCUT2D eigenvalue weighted by molar-refractivity contribution is 9.10. The first-order chi connectivity index (χ1) is 10.6. The van der Waals surface area contributed by atoms with Gasteiger partial charge in [-0.2, -0.15) is 0 Å². The molecule has 0 radical (unpaired) electrons. The van der Waals surface area contributed by atoms with Gasteiger partial charge in [0, 0.05) is 11.0 Å². The van der Waals surface area contributed by atoms with Crippen LogP contribution in [0.4, 0.5) is 0 Å². The summed E-state index contributed by atoms with van der Waals surface area (Å²) in [6.45, 7) is 0.508. The van der Waals surface area contributed by atoms with Crippen molar-refractivity contribution >= 4 is 32.8 Å². The van der Waals surface area contributed by atoms with Crippen molar-refractivity contribution in [3.63, 3.8) is 0 Å². The number of aromatic nitrogens is 2. The zero-order valence-electron chi connectivity index (χ0n) is 12.3. The summed E-state index contributed by atoms with van der Waals surface area (Å²) in [5.74, 6) is -0.154. The minimum Gasteiger partial charge on any atom is -0.469 e. The monoisotopic (exact) mass is 364 g/mol. The van der Waals surface area contributed by atoms with E-state index in [2.05, 4.69) is 20.9 Å². The SMILES string of the molecule is COC(=O)C1CCCC1Cn1cnc2ccc(Br)cc2c1=O. The third kappa shape index (κ3) is 2.79. The van der Waals surface area contributed by atoms with Crippen molar-refractivity contribution in [2.45, 2.75) is 25.8 Å². The lowest BCUT2D eigenvalue weighted by atomic mass is 9.96. The molecule has 1 aromatic carbocycles. The molecule has 116 valence electrons. The molecule has 1 fully saturated rings. The number of rotatable bonds is 3. The molecule has 0 aliphatic heterocycles. The van der Waals surface area contributed by atoms with Gasteiger partial charge in [-0.25, -0.2) is 4.98 Å². The van der Waals surface area contributed by atoms with E-state index in [0.717, 1.165) is 23.7 Å². The van der Waals surface area contributed by atoms with Gasteiger partial charge in [-0.15, -0.1) is 0 Å². The molecule has 0 saturated heterocycles. The average Bonchev–Trinajstić information content (AvgIpc) is 2.98. The summed E-state index contributed by atoms with van der Waals surface area (Å²) in [5.41, 5.74) is 0.613. The molecule has 0 bridgehead atoms. The number of esters is 1. The second-order valence-corrected chi connectivity index (χ2v) is 6.60. The summed E-state index contributed by atoms with van der Waals surface area (Å²) in [5, 5.41) is 0.587. The van der Waals surface area contributed by atoms with E-state index in [0.29, 0.717) is 17.4 Å². The molecular formula is C16H17BrN2O3. The van der Waals surface area contributed by atoms with Crippen molar-refractivity contribution in [2.75, 3.05) is 7.11 Å². The number of fused-ring (bicyclic) bond motifs is 1. The Bertz CT molecular complexity index is 772. The van der Waals surface area contributed by atoms with E-state index < -0.39 is 0 Å². The van der Waals surface area contributed by atoms with Gasteiger partial charge in [-0.3, -0.25) is 14.2 Å². The van der Waals surface area contributed by atoms with E-state index in [1.165, 1.54) is 7.11 Å². The Morgan fingerprint density at radius 3 is 3.05 bits per heavy atom. The predicted octanol–water partition coefficient (Wildman–Crippen LogP) is 2.75.